The van der Waals surface area contributed by atoms with Crippen molar-refractivity contribution in [2.75, 3.05) is 11.9 Å². The molecule has 0 aromatic carbocycles. The van der Waals surface area contributed by atoms with Crippen LogP contribution in [0.15, 0.2) is 35.7 Å². The summed E-state index contributed by atoms with van der Waals surface area (Å²) in [7, 11) is -1.83. The van der Waals surface area contributed by atoms with Crippen LogP contribution in [-0.4, -0.2) is 29.7 Å². The van der Waals surface area contributed by atoms with Crippen molar-refractivity contribution in [1.82, 2.24) is 19.5 Å². The summed E-state index contributed by atoms with van der Waals surface area (Å²) in [6.45, 7) is 2.73. The highest BCUT2D eigenvalue weighted by molar-refractivity contribution is 7.89. The highest BCUT2D eigenvalue weighted by Gasteiger charge is 2.18. The molecular formula is C12H17N5O2S. The SMILES string of the molecule is CCNc1ccncc1S(=O)(=O)NCc1cnn(C)c1. The summed E-state index contributed by atoms with van der Waals surface area (Å²) in [6.07, 6.45) is 6.27. The highest BCUT2D eigenvalue weighted by Crippen LogP contribution is 2.19. The second kappa shape index (κ2) is 6.02. The largest absolute Gasteiger partial charge is 0.384 e. The van der Waals surface area contributed by atoms with Gasteiger partial charge in [-0.2, -0.15) is 5.10 Å². The normalized spacial score (nSPS) is 11.5. The van der Waals surface area contributed by atoms with Gasteiger partial charge in [-0.05, 0) is 13.0 Å². The Kier molecular flexibility index (Phi) is 4.35. The average Bonchev–Trinajstić information content (AvgIpc) is 2.83. The maximum absolute atomic E-state index is 12.3. The topological polar surface area (TPSA) is 88.9 Å². The zero-order chi connectivity index (χ0) is 14.6. The number of anilines is 1. The van der Waals surface area contributed by atoms with Crippen LogP contribution in [0, 0.1) is 0 Å². The minimum absolute atomic E-state index is 0.144. The van der Waals surface area contributed by atoms with Crippen molar-refractivity contribution in [2.24, 2.45) is 7.05 Å². The predicted molar refractivity (Wildman–Crippen MR) is 75.6 cm³/mol. The van der Waals surface area contributed by atoms with Crippen LogP contribution in [0.1, 0.15) is 12.5 Å². The van der Waals surface area contributed by atoms with E-state index in [-0.39, 0.29) is 11.4 Å². The molecular weight excluding hydrogens is 278 g/mol. The van der Waals surface area contributed by atoms with Crippen LogP contribution in [0.3, 0.4) is 0 Å². The summed E-state index contributed by atoms with van der Waals surface area (Å²) in [4.78, 5) is 4.02. The van der Waals surface area contributed by atoms with Gasteiger partial charge in [-0.1, -0.05) is 0 Å². The second-order valence-corrected chi connectivity index (χ2v) is 5.98. The minimum atomic E-state index is -3.61. The average molecular weight is 295 g/mol. The van der Waals surface area contributed by atoms with Gasteiger partial charge in [0.05, 0.1) is 11.9 Å². The molecule has 0 aliphatic carbocycles. The van der Waals surface area contributed by atoms with E-state index in [4.69, 9.17) is 0 Å². The van der Waals surface area contributed by atoms with E-state index in [0.717, 1.165) is 5.56 Å². The van der Waals surface area contributed by atoms with Gasteiger partial charge in [-0.3, -0.25) is 9.67 Å². The molecule has 0 saturated carbocycles. The Balaban J connectivity index is 2.18. The van der Waals surface area contributed by atoms with Gasteiger partial charge < -0.3 is 5.32 Å². The number of sulfonamides is 1. The number of nitrogens with one attached hydrogen (secondary N) is 2. The van der Waals surface area contributed by atoms with Gasteiger partial charge in [0.15, 0.2) is 0 Å². The molecule has 0 atom stereocenters. The van der Waals surface area contributed by atoms with Crippen LogP contribution in [0.5, 0.6) is 0 Å². The Bertz CT molecular complexity index is 681. The summed E-state index contributed by atoms with van der Waals surface area (Å²) in [5.74, 6) is 0. The van der Waals surface area contributed by atoms with Gasteiger partial charge in [-0.15, -0.1) is 0 Å². The third-order valence-electron chi connectivity index (χ3n) is 2.67. The number of pyridine rings is 1. The van der Waals surface area contributed by atoms with Crippen molar-refractivity contribution in [1.29, 1.82) is 0 Å². The van der Waals surface area contributed by atoms with E-state index in [1.165, 1.54) is 6.20 Å². The first-order valence-corrected chi connectivity index (χ1v) is 7.66. The molecule has 108 valence electrons. The van der Waals surface area contributed by atoms with Gasteiger partial charge in [0.25, 0.3) is 0 Å². The van der Waals surface area contributed by atoms with Crippen LogP contribution in [0.25, 0.3) is 0 Å². The fourth-order valence-corrected chi connectivity index (χ4v) is 2.89. The molecule has 0 amide bonds. The van der Waals surface area contributed by atoms with E-state index >= 15 is 0 Å². The zero-order valence-electron chi connectivity index (χ0n) is 11.4. The van der Waals surface area contributed by atoms with Crippen LogP contribution >= 0.6 is 0 Å². The number of hydrogen-bond acceptors (Lipinski definition) is 5. The van der Waals surface area contributed by atoms with Crippen molar-refractivity contribution in [3.05, 3.63) is 36.4 Å². The maximum atomic E-state index is 12.3. The third kappa shape index (κ3) is 3.34. The van der Waals surface area contributed by atoms with Crippen LogP contribution in [0.4, 0.5) is 5.69 Å². The molecule has 2 heterocycles. The Labute approximate surface area is 118 Å². The van der Waals surface area contributed by atoms with Crippen molar-refractivity contribution in [3.8, 4) is 0 Å². The number of aromatic nitrogens is 3. The first-order valence-electron chi connectivity index (χ1n) is 6.18. The number of nitrogens with zero attached hydrogens (tertiary/aromatic N) is 3. The molecule has 2 rings (SSSR count). The lowest BCUT2D eigenvalue weighted by Gasteiger charge is -2.11. The van der Waals surface area contributed by atoms with Crippen LogP contribution in [0.2, 0.25) is 0 Å². The van der Waals surface area contributed by atoms with E-state index < -0.39 is 10.0 Å². The number of aryl methyl sites for hydroxylation is 1. The summed E-state index contributed by atoms with van der Waals surface area (Å²) in [5.41, 5.74) is 1.34. The highest BCUT2D eigenvalue weighted by atomic mass is 32.2. The Hall–Kier alpha value is -1.93. The van der Waals surface area contributed by atoms with Gasteiger partial charge in [-0.25, -0.2) is 13.1 Å². The zero-order valence-corrected chi connectivity index (χ0v) is 12.2. The molecule has 2 N–H and O–H groups in total. The smallest absolute Gasteiger partial charge is 0.244 e. The first-order chi connectivity index (χ1) is 9.53. The third-order valence-corrected chi connectivity index (χ3v) is 4.09. The molecule has 0 fully saturated rings. The quantitative estimate of drug-likeness (QED) is 0.820. The summed E-state index contributed by atoms with van der Waals surface area (Å²) in [5, 5.41) is 7.00. The van der Waals surface area contributed by atoms with Crippen molar-refractivity contribution < 1.29 is 8.42 Å². The van der Waals surface area contributed by atoms with Crippen molar-refractivity contribution in [3.63, 3.8) is 0 Å². The molecule has 0 aliphatic heterocycles. The summed E-state index contributed by atoms with van der Waals surface area (Å²) >= 11 is 0. The van der Waals surface area contributed by atoms with Gasteiger partial charge in [0.1, 0.15) is 4.90 Å². The molecule has 20 heavy (non-hydrogen) atoms. The molecule has 0 saturated heterocycles. The molecule has 0 aliphatic rings. The summed E-state index contributed by atoms with van der Waals surface area (Å²) in [6, 6.07) is 1.64. The standard InChI is InChI=1S/C12H17N5O2S/c1-3-14-11-4-5-13-8-12(11)20(18,19)16-7-10-6-15-17(2)9-10/h4-6,8-9,16H,3,7H2,1-2H3,(H,13,14). The summed E-state index contributed by atoms with van der Waals surface area (Å²) < 4.78 is 28.7. The van der Waals surface area contributed by atoms with E-state index in [1.807, 2.05) is 6.92 Å². The van der Waals surface area contributed by atoms with E-state index in [2.05, 4.69) is 20.1 Å². The Morgan fingerprint density at radius 2 is 2.15 bits per heavy atom. The molecule has 8 heteroatoms. The monoisotopic (exact) mass is 295 g/mol. The van der Waals surface area contributed by atoms with Crippen LogP contribution in [-0.2, 0) is 23.6 Å². The van der Waals surface area contributed by atoms with Crippen LogP contribution < -0.4 is 10.0 Å². The number of hydrogen-bond donors (Lipinski definition) is 2. The molecule has 0 spiro atoms. The molecule has 0 bridgehead atoms. The second-order valence-electron chi connectivity index (χ2n) is 4.25. The van der Waals surface area contributed by atoms with E-state index in [0.29, 0.717) is 12.2 Å². The molecule has 2 aromatic rings. The predicted octanol–water partition coefficient (Wildman–Crippen LogP) is 0.725. The number of rotatable bonds is 6. The lowest BCUT2D eigenvalue weighted by Crippen LogP contribution is -2.24. The van der Waals surface area contributed by atoms with Crippen molar-refractivity contribution in [2.45, 2.75) is 18.4 Å². The van der Waals surface area contributed by atoms with Gasteiger partial charge in [0.2, 0.25) is 10.0 Å². The maximum Gasteiger partial charge on any atom is 0.244 e. The van der Waals surface area contributed by atoms with Gasteiger partial charge >= 0.3 is 0 Å². The van der Waals surface area contributed by atoms with Crippen molar-refractivity contribution >= 4 is 15.7 Å². The Morgan fingerprint density at radius 3 is 2.80 bits per heavy atom. The van der Waals surface area contributed by atoms with E-state index in [1.54, 1.807) is 36.4 Å². The fraction of sp³-hybridized carbons (Fsp3) is 0.333. The molecule has 7 nitrogen and oxygen atoms in total. The van der Waals surface area contributed by atoms with E-state index in [9.17, 15) is 8.42 Å². The molecule has 0 unspecified atom stereocenters. The van der Waals surface area contributed by atoms with Gasteiger partial charge in [0, 0.05) is 44.3 Å². The first kappa shape index (κ1) is 14.5. The molecule has 0 radical (unpaired) electrons. The molecule has 2 aromatic heterocycles. The Morgan fingerprint density at radius 1 is 1.35 bits per heavy atom. The minimum Gasteiger partial charge on any atom is -0.384 e. The fourth-order valence-electron chi connectivity index (χ4n) is 1.75. The lowest BCUT2D eigenvalue weighted by atomic mass is 10.4. The lowest BCUT2D eigenvalue weighted by molar-refractivity contribution is 0.581.